The van der Waals surface area contributed by atoms with Crippen LogP contribution in [0.3, 0.4) is 0 Å². The van der Waals surface area contributed by atoms with E-state index in [-0.39, 0.29) is 5.91 Å². The highest BCUT2D eigenvalue weighted by molar-refractivity contribution is 5.94. The number of fused-ring (bicyclic) bond motifs is 1. The van der Waals surface area contributed by atoms with Gasteiger partial charge >= 0.3 is 0 Å². The molecule has 1 amide bonds. The maximum Gasteiger partial charge on any atom is 0.251 e. The normalized spacial score (nSPS) is 15.5. The molecule has 0 radical (unpaired) electrons. The van der Waals surface area contributed by atoms with Crippen molar-refractivity contribution in [1.82, 2.24) is 25.0 Å². The van der Waals surface area contributed by atoms with Gasteiger partial charge in [0, 0.05) is 17.2 Å². The first-order chi connectivity index (χ1) is 14.7. The van der Waals surface area contributed by atoms with Crippen molar-refractivity contribution in [2.45, 2.75) is 44.7 Å². The van der Waals surface area contributed by atoms with Crippen molar-refractivity contribution in [2.75, 3.05) is 0 Å². The van der Waals surface area contributed by atoms with Crippen LogP contribution in [-0.4, -0.2) is 25.6 Å². The summed E-state index contributed by atoms with van der Waals surface area (Å²) in [6.45, 7) is 1.82. The fourth-order valence-electron chi connectivity index (χ4n) is 4.10. The lowest BCUT2D eigenvalue weighted by Gasteiger charge is -2.12. The van der Waals surface area contributed by atoms with Crippen LogP contribution in [0.5, 0.6) is 0 Å². The third-order valence-corrected chi connectivity index (χ3v) is 5.75. The van der Waals surface area contributed by atoms with E-state index in [9.17, 15) is 4.79 Å². The first-order valence-electron chi connectivity index (χ1n) is 10.4. The van der Waals surface area contributed by atoms with Gasteiger partial charge < -0.3 is 14.4 Å². The van der Waals surface area contributed by atoms with Gasteiger partial charge in [-0.2, -0.15) is 4.98 Å². The zero-order valence-electron chi connectivity index (χ0n) is 16.8. The number of hydrogen-bond donors (Lipinski definition) is 1. The molecular weight excluding hydrogens is 378 g/mol. The fraction of sp³-hybridized carbons (Fsp3) is 0.304. The van der Waals surface area contributed by atoms with Crippen LogP contribution < -0.4 is 5.32 Å². The third-order valence-electron chi connectivity index (χ3n) is 5.75. The monoisotopic (exact) mass is 401 g/mol. The van der Waals surface area contributed by atoms with Crippen LogP contribution in [0.15, 0.2) is 59.4 Å². The first-order valence-corrected chi connectivity index (χ1v) is 10.4. The molecule has 2 aromatic heterocycles. The second-order valence-corrected chi connectivity index (χ2v) is 7.81. The fourth-order valence-corrected chi connectivity index (χ4v) is 4.10. The van der Waals surface area contributed by atoms with Gasteiger partial charge in [-0.25, -0.2) is 4.98 Å². The summed E-state index contributed by atoms with van der Waals surface area (Å²) in [6.07, 6.45) is 6.94. The molecule has 1 atom stereocenters. The molecular formula is C23H23N5O2. The minimum Gasteiger partial charge on any atom is -0.341 e. The molecule has 1 aliphatic rings. The molecule has 7 heteroatoms. The third kappa shape index (κ3) is 3.47. The van der Waals surface area contributed by atoms with E-state index in [2.05, 4.69) is 31.1 Å². The van der Waals surface area contributed by atoms with E-state index in [4.69, 9.17) is 4.52 Å². The Bertz CT molecular complexity index is 1170. The van der Waals surface area contributed by atoms with Gasteiger partial charge in [-0.15, -0.1) is 0 Å². The molecule has 1 saturated carbocycles. The van der Waals surface area contributed by atoms with Gasteiger partial charge in [0.05, 0.1) is 17.4 Å². The number of hydrogen-bond acceptors (Lipinski definition) is 5. The number of carbonyl (C=O) groups is 1. The highest BCUT2D eigenvalue weighted by Gasteiger charge is 2.21. The zero-order chi connectivity index (χ0) is 20.5. The Kier molecular flexibility index (Phi) is 4.78. The topological polar surface area (TPSA) is 85.8 Å². The summed E-state index contributed by atoms with van der Waals surface area (Å²) in [5.41, 5.74) is 3.50. The van der Waals surface area contributed by atoms with E-state index in [0.29, 0.717) is 23.3 Å². The molecule has 0 unspecified atom stereocenters. The predicted octanol–water partition coefficient (Wildman–Crippen LogP) is 4.69. The molecule has 0 bridgehead atoms. The minimum atomic E-state index is -0.399. The lowest BCUT2D eigenvalue weighted by Crippen LogP contribution is -2.26. The average Bonchev–Trinajstić information content (AvgIpc) is 3.53. The molecule has 7 nitrogen and oxygen atoms in total. The molecule has 2 heterocycles. The Balaban J connectivity index is 1.34. The second-order valence-electron chi connectivity index (χ2n) is 7.81. The first kappa shape index (κ1) is 18.5. The Morgan fingerprint density at radius 1 is 1.17 bits per heavy atom. The summed E-state index contributed by atoms with van der Waals surface area (Å²) in [5, 5.41) is 7.00. The van der Waals surface area contributed by atoms with Crippen LogP contribution in [0, 0.1) is 0 Å². The van der Waals surface area contributed by atoms with E-state index in [1.165, 1.54) is 25.7 Å². The van der Waals surface area contributed by atoms with Crippen LogP contribution in [0.25, 0.3) is 22.4 Å². The number of imidazole rings is 1. The second kappa shape index (κ2) is 7.74. The number of amides is 1. The van der Waals surface area contributed by atoms with Crippen molar-refractivity contribution in [2.24, 2.45) is 0 Å². The van der Waals surface area contributed by atoms with E-state index < -0.39 is 6.04 Å². The summed E-state index contributed by atoms with van der Waals surface area (Å²) in [6, 6.07) is 15.3. The van der Waals surface area contributed by atoms with Gasteiger partial charge in [-0.05, 0) is 50.1 Å². The number of aromatic nitrogens is 4. The SMILES string of the molecule is C[C@@H](NC(=O)c1ccccc1)c1nc(-c2ccc3c(c2)ncn3C2CCCC2)no1. The Labute approximate surface area is 174 Å². The maximum absolute atomic E-state index is 12.4. The van der Waals surface area contributed by atoms with E-state index in [1.54, 1.807) is 12.1 Å². The highest BCUT2D eigenvalue weighted by atomic mass is 16.5. The van der Waals surface area contributed by atoms with E-state index in [0.717, 1.165) is 16.6 Å². The molecule has 2 aromatic carbocycles. The van der Waals surface area contributed by atoms with Crippen molar-refractivity contribution in [1.29, 1.82) is 0 Å². The predicted molar refractivity (Wildman–Crippen MR) is 113 cm³/mol. The number of rotatable bonds is 5. The number of nitrogens with zero attached hydrogens (tertiary/aromatic N) is 4. The summed E-state index contributed by atoms with van der Waals surface area (Å²) in [5.74, 6) is 0.677. The summed E-state index contributed by atoms with van der Waals surface area (Å²) < 4.78 is 7.70. The summed E-state index contributed by atoms with van der Waals surface area (Å²) in [4.78, 5) is 21.4. The van der Waals surface area contributed by atoms with Gasteiger partial charge in [-0.1, -0.05) is 36.2 Å². The summed E-state index contributed by atoms with van der Waals surface area (Å²) in [7, 11) is 0. The van der Waals surface area contributed by atoms with Crippen molar-refractivity contribution in [3.05, 3.63) is 66.3 Å². The van der Waals surface area contributed by atoms with Crippen molar-refractivity contribution >= 4 is 16.9 Å². The molecule has 4 aromatic rings. The maximum atomic E-state index is 12.4. The molecule has 1 fully saturated rings. The number of nitrogens with one attached hydrogen (secondary N) is 1. The number of carbonyl (C=O) groups excluding carboxylic acids is 1. The quantitative estimate of drug-likeness (QED) is 0.524. The van der Waals surface area contributed by atoms with Gasteiger partial charge in [0.15, 0.2) is 0 Å². The standard InChI is InChI=1S/C23H23N5O2/c1-15(25-22(29)16-7-3-2-4-8-16)23-26-21(27-30-23)17-11-12-20-19(13-17)24-14-28(20)18-9-5-6-10-18/h2-4,7-8,11-15,18H,5-6,9-10H2,1H3,(H,25,29)/t15-/m1/s1. The van der Waals surface area contributed by atoms with Gasteiger partial charge in [0.2, 0.25) is 11.7 Å². The lowest BCUT2D eigenvalue weighted by atomic mass is 10.1. The van der Waals surface area contributed by atoms with Gasteiger partial charge in [0.25, 0.3) is 5.91 Å². The molecule has 1 aliphatic carbocycles. The molecule has 152 valence electrons. The minimum absolute atomic E-state index is 0.179. The average molecular weight is 401 g/mol. The van der Waals surface area contributed by atoms with Crippen LogP contribution in [0.1, 0.15) is 60.9 Å². The Morgan fingerprint density at radius 2 is 1.97 bits per heavy atom. The molecule has 0 aliphatic heterocycles. The van der Waals surface area contributed by atoms with Crippen molar-refractivity contribution in [3.8, 4) is 11.4 Å². The lowest BCUT2D eigenvalue weighted by molar-refractivity contribution is 0.0932. The smallest absolute Gasteiger partial charge is 0.251 e. The van der Waals surface area contributed by atoms with Crippen LogP contribution in [0.2, 0.25) is 0 Å². The van der Waals surface area contributed by atoms with Gasteiger partial charge in [0.1, 0.15) is 6.04 Å². The van der Waals surface area contributed by atoms with Crippen molar-refractivity contribution < 1.29 is 9.32 Å². The molecule has 0 saturated heterocycles. The molecule has 0 spiro atoms. The van der Waals surface area contributed by atoms with Gasteiger partial charge in [-0.3, -0.25) is 4.79 Å². The van der Waals surface area contributed by atoms with Crippen molar-refractivity contribution in [3.63, 3.8) is 0 Å². The van der Waals surface area contributed by atoms with Crippen LogP contribution in [0.4, 0.5) is 0 Å². The van der Waals surface area contributed by atoms with Crippen LogP contribution in [-0.2, 0) is 0 Å². The molecule has 30 heavy (non-hydrogen) atoms. The zero-order valence-corrected chi connectivity index (χ0v) is 16.8. The van der Waals surface area contributed by atoms with Crippen LogP contribution >= 0.6 is 0 Å². The summed E-state index contributed by atoms with van der Waals surface area (Å²) >= 11 is 0. The molecule has 1 N–H and O–H groups in total. The highest BCUT2D eigenvalue weighted by Crippen LogP contribution is 2.33. The Hall–Kier alpha value is -3.48. The van der Waals surface area contributed by atoms with E-state index in [1.807, 2.05) is 43.6 Å². The molecule has 5 rings (SSSR count). The van der Waals surface area contributed by atoms with E-state index >= 15 is 0 Å². The number of benzene rings is 2. The largest absolute Gasteiger partial charge is 0.341 e. The Morgan fingerprint density at radius 3 is 2.77 bits per heavy atom.